The summed E-state index contributed by atoms with van der Waals surface area (Å²) in [4.78, 5) is 0. The van der Waals surface area contributed by atoms with E-state index < -0.39 is 30.3 Å². The van der Waals surface area contributed by atoms with Gasteiger partial charge in [-0.15, -0.1) is 0 Å². The van der Waals surface area contributed by atoms with E-state index in [-0.39, 0.29) is 6.61 Å². The van der Waals surface area contributed by atoms with Gasteiger partial charge in [0.05, 0.1) is 12.2 Å². The van der Waals surface area contributed by atoms with Crippen LogP contribution in [0.25, 0.3) is 0 Å². The molecule has 0 heterocycles. The van der Waals surface area contributed by atoms with E-state index in [2.05, 4.69) is 0 Å². The highest BCUT2D eigenvalue weighted by molar-refractivity contribution is 4.94. The summed E-state index contributed by atoms with van der Waals surface area (Å²) in [6.45, 7) is -0.224. The van der Waals surface area contributed by atoms with Crippen LogP contribution in [0.5, 0.6) is 0 Å². The van der Waals surface area contributed by atoms with Crippen LogP contribution in [0.4, 0.5) is 0 Å². The van der Waals surface area contributed by atoms with Crippen LogP contribution in [-0.2, 0) is 0 Å². The zero-order valence-corrected chi connectivity index (χ0v) is 6.67. The van der Waals surface area contributed by atoms with E-state index in [1.165, 1.54) is 0 Å². The third kappa shape index (κ3) is 1.60. The first-order chi connectivity index (χ1) is 5.57. The van der Waals surface area contributed by atoms with Gasteiger partial charge in [0.15, 0.2) is 0 Å². The Labute approximate surface area is 70.4 Å². The van der Waals surface area contributed by atoms with Gasteiger partial charge in [0.25, 0.3) is 0 Å². The van der Waals surface area contributed by atoms with Gasteiger partial charge in [-0.1, -0.05) is 0 Å². The Morgan fingerprint density at radius 2 is 1.67 bits per heavy atom. The summed E-state index contributed by atoms with van der Waals surface area (Å²) in [5.41, 5.74) is 5.46. The van der Waals surface area contributed by atoms with Crippen molar-refractivity contribution < 1.29 is 20.4 Å². The molecule has 0 saturated heterocycles. The molecule has 1 aliphatic carbocycles. The third-order valence-corrected chi connectivity index (χ3v) is 2.43. The minimum absolute atomic E-state index is 0.224. The Kier molecular flexibility index (Phi) is 3.03. The van der Waals surface area contributed by atoms with Gasteiger partial charge < -0.3 is 26.2 Å². The first kappa shape index (κ1) is 9.88. The van der Waals surface area contributed by atoms with Crippen LogP contribution in [0.2, 0.25) is 0 Å². The molecular formula is C7H15NO4. The number of rotatable bonds is 1. The summed E-state index contributed by atoms with van der Waals surface area (Å²) >= 11 is 0. The number of nitrogens with two attached hydrogens (primary N) is 1. The van der Waals surface area contributed by atoms with Gasteiger partial charge in [0.2, 0.25) is 0 Å². The van der Waals surface area contributed by atoms with Gasteiger partial charge in [0.1, 0.15) is 6.10 Å². The zero-order chi connectivity index (χ0) is 9.30. The van der Waals surface area contributed by atoms with Crippen molar-refractivity contribution in [2.75, 3.05) is 6.61 Å². The molecule has 1 fully saturated rings. The van der Waals surface area contributed by atoms with E-state index in [1.807, 2.05) is 0 Å². The molecule has 1 saturated carbocycles. The Balaban J connectivity index is 2.63. The Morgan fingerprint density at radius 1 is 1.08 bits per heavy atom. The molecule has 5 heteroatoms. The SMILES string of the molecule is N[C@@H]1CC(CO)[C@@H](O)[C@H](O)[C@H]1O. The van der Waals surface area contributed by atoms with Crippen molar-refractivity contribution in [2.24, 2.45) is 11.7 Å². The van der Waals surface area contributed by atoms with Gasteiger partial charge in [-0.05, 0) is 6.42 Å². The summed E-state index contributed by atoms with van der Waals surface area (Å²) in [7, 11) is 0. The highest BCUT2D eigenvalue weighted by Gasteiger charge is 2.40. The summed E-state index contributed by atoms with van der Waals surface area (Å²) in [5.74, 6) is -0.432. The van der Waals surface area contributed by atoms with Crippen molar-refractivity contribution in [2.45, 2.75) is 30.8 Å². The zero-order valence-electron chi connectivity index (χ0n) is 6.67. The second-order valence-electron chi connectivity index (χ2n) is 3.31. The Morgan fingerprint density at radius 3 is 2.17 bits per heavy atom. The highest BCUT2D eigenvalue weighted by atomic mass is 16.4. The summed E-state index contributed by atoms with van der Waals surface area (Å²) in [5, 5.41) is 36.5. The first-order valence-electron chi connectivity index (χ1n) is 3.98. The van der Waals surface area contributed by atoms with Gasteiger partial charge in [0, 0.05) is 18.6 Å². The van der Waals surface area contributed by atoms with Crippen molar-refractivity contribution in [3.05, 3.63) is 0 Å². The molecule has 12 heavy (non-hydrogen) atoms. The predicted molar refractivity (Wildman–Crippen MR) is 41.2 cm³/mol. The maximum Gasteiger partial charge on any atom is 0.108 e. The Bertz CT molecular complexity index is 150. The molecule has 6 N–H and O–H groups in total. The van der Waals surface area contributed by atoms with Crippen molar-refractivity contribution in [3.63, 3.8) is 0 Å². The minimum Gasteiger partial charge on any atom is -0.396 e. The van der Waals surface area contributed by atoms with Crippen molar-refractivity contribution in [3.8, 4) is 0 Å². The van der Waals surface area contributed by atoms with Crippen LogP contribution < -0.4 is 5.73 Å². The molecule has 0 radical (unpaired) electrons. The maximum atomic E-state index is 9.30. The normalized spacial score (nSPS) is 49.2. The standard InChI is InChI=1S/C7H15NO4/c8-4-1-3(2-9)5(10)7(12)6(4)11/h3-7,9-12H,1-2,8H2/t3?,4-,5-,6+,7+/m1/s1. The van der Waals surface area contributed by atoms with Crippen LogP contribution in [0.1, 0.15) is 6.42 Å². The van der Waals surface area contributed by atoms with Gasteiger partial charge in [-0.2, -0.15) is 0 Å². The number of hydrogen-bond acceptors (Lipinski definition) is 5. The second-order valence-corrected chi connectivity index (χ2v) is 3.31. The molecule has 0 aromatic carbocycles. The minimum atomic E-state index is -1.24. The third-order valence-electron chi connectivity index (χ3n) is 2.43. The lowest BCUT2D eigenvalue weighted by atomic mass is 9.80. The summed E-state index contributed by atoms with van der Waals surface area (Å²) in [6, 6.07) is -0.569. The molecule has 0 aromatic rings. The van der Waals surface area contributed by atoms with E-state index >= 15 is 0 Å². The summed E-state index contributed by atoms with van der Waals surface area (Å²) < 4.78 is 0. The molecular weight excluding hydrogens is 162 g/mol. The van der Waals surface area contributed by atoms with Crippen LogP contribution >= 0.6 is 0 Å². The molecule has 0 aromatic heterocycles. The molecule has 1 rings (SSSR count). The van der Waals surface area contributed by atoms with Crippen LogP contribution in [-0.4, -0.2) is 51.4 Å². The number of aliphatic hydroxyl groups is 4. The maximum absolute atomic E-state index is 9.30. The van der Waals surface area contributed by atoms with Crippen molar-refractivity contribution in [1.82, 2.24) is 0 Å². The second kappa shape index (κ2) is 3.68. The topological polar surface area (TPSA) is 107 Å². The quantitative estimate of drug-likeness (QED) is 0.302. The van der Waals surface area contributed by atoms with Gasteiger partial charge in [-0.3, -0.25) is 0 Å². The van der Waals surface area contributed by atoms with E-state index in [4.69, 9.17) is 10.8 Å². The largest absolute Gasteiger partial charge is 0.396 e. The number of hydrogen-bond donors (Lipinski definition) is 5. The fraction of sp³-hybridized carbons (Fsp3) is 1.00. The van der Waals surface area contributed by atoms with Gasteiger partial charge in [-0.25, -0.2) is 0 Å². The van der Waals surface area contributed by atoms with E-state index in [1.54, 1.807) is 0 Å². The molecule has 0 bridgehead atoms. The molecule has 0 amide bonds. The lowest BCUT2D eigenvalue weighted by Crippen LogP contribution is -2.57. The Hall–Kier alpha value is -0.200. The fourth-order valence-electron chi connectivity index (χ4n) is 1.55. The molecule has 0 aliphatic heterocycles. The highest BCUT2D eigenvalue weighted by Crippen LogP contribution is 2.24. The van der Waals surface area contributed by atoms with Crippen LogP contribution in [0, 0.1) is 5.92 Å². The molecule has 0 spiro atoms. The molecule has 5 nitrogen and oxygen atoms in total. The average molecular weight is 177 g/mol. The van der Waals surface area contributed by atoms with Crippen molar-refractivity contribution >= 4 is 0 Å². The molecule has 1 unspecified atom stereocenters. The van der Waals surface area contributed by atoms with Gasteiger partial charge >= 0.3 is 0 Å². The van der Waals surface area contributed by atoms with E-state index in [0.717, 1.165) is 0 Å². The lowest BCUT2D eigenvalue weighted by molar-refractivity contribution is -0.125. The molecule has 72 valence electrons. The van der Waals surface area contributed by atoms with E-state index in [9.17, 15) is 15.3 Å². The lowest BCUT2D eigenvalue weighted by Gasteiger charge is -2.38. The molecule has 1 aliphatic rings. The van der Waals surface area contributed by atoms with E-state index in [0.29, 0.717) is 6.42 Å². The predicted octanol–water partition coefficient (Wildman–Crippen LogP) is -2.59. The summed E-state index contributed by atoms with van der Waals surface area (Å²) in [6.07, 6.45) is -3.09. The number of aliphatic hydroxyl groups excluding tert-OH is 4. The fourth-order valence-corrected chi connectivity index (χ4v) is 1.55. The molecule has 5 atom stereocenters. The smallest absolute Gasteiger partial charge is 0.108 e. The average Bonchev–Trinajstić information content (AvgIpc) is 2.08. The van der Waals surface area contributed by atoms with Crippen molar-refractivity contribution in [1.29, 1.82) is 0 Å². The first-order valence-corrected chi connectivity index (χ1v) is 3.98. The monoisotopic (exact) mass is 177 g/mol. The van der Waals surface area contributed by atoms with Crippen LogP contribution in [0.15, 0.2) is 0 Å². The van der Waals surface area contributed by atoms with Crippen LogP contribution in [0.3, 0.4) is 0 Å².